The van der Waals surface area contributed by atoms with E-state index >= 15 is 0 Å². The highest BCUT2D eigenvalue weighted by atomic mass is 16.6. The van der Waals surface area contributed by atoms with Crippen LogP contribution in [-0.4, -0.2) is 18.3 Å². The van der Waals surface area contributed by atoms with Crippen LogP contribution in [0.25, 0.3) is 0 Å². The Labute approximate surface area is 118 Å². The van der Waals surface area contributed by atoms with E-state index in [1.807, 2.05) is 50.2 Å². The Bertz CT molecular complexity index is 634. The molecule has 2 aromatic rings. The van der Waals surface area contributed by atoms with E-state index in [2.05, 4.69) is 0 Å². The Hall–Kier alpha value is -2.00. The lowest BCUT2D eigenvalue weighted by atomic mass is 9.95. The summed E-state index contributed by atoms with van der Waals surface area (Å²) < 4.78 is 11.3. The summed E-state index contributed by atoms with van der Waals surface area (Å²) in [5, 5.41) is 10.7. The summed E-state index contributed by atoms with van der Waals surface area (Å²) in [6, 6.07) is 11.7. The average Bonchev–Trinajstić information content (AvgIpc) is 2.48. The van der Waals surface area contributed by atoms with Crippen LogP contribution in [-0.2, 0) is 0 Å². The summed E-state index contributed by atoms with van der Waals surface area (Å²) >= 11 is 0. The molecule has 0 bridgehead atoms. The second-order valence-corrected chi connectivity index (χ2v) is 5.13. The molecule has 0 spiro atoms. The number of aliphatic hydroxyl groups is 1. The molecule has 1 unspecified atom stereocenters. The molecule has 104 valence electrons. The zero-order valence-electron chi connectivity index (χ0n) is 11.7. The number of para-hydroxylation sites is 1. The third kappa shape index (κ3) is 2.25. The van der Waals surface area contributed by atoms with Crippen molar-refractivity contribution in [1.82, 2.24) is 0 Å². The number of aryl methyl sites for hydroxylation is 2. The summed E-state index contributed by atoms with van der Waals surface area (Å²) in [4.78, 5) is 0. The molecule has 0 radical (unpaired) electrons. The second-order valence-electron chi connectivity index (χ2n) is 5.13. The van der Waals surface area contributed by atoms with Crippen LogP contribution in [0.1, 0.15) is 28.4 Å². The highest BCUT2D eigenvalue weighted by Crippen LogP contribution is 2.39. The van der Waals surface area contributed by atoms with Crippen molar-refractivity contribution in [2.45, 2.75) is 20.0 Å². The maximum absolute atomic E-state index is 10.7. The van der Waals surface area contributed by atoms with Gasteiger partial charge in [-0.3, -0.25) is 0 Å². The Kier molecular flexibility index (Phi) is 3.36. The van der Waals surface area contributed by atoms with E-state index in [0.29, 0.717) is 24.7 Å². The minimum absolute atomic E-state index is 0.517. The minimum Gasteiger partial charge on any atom is -0.486 e. The van der Waals surface area contributed by atoms with E-state index in [9.17, 15) is 5.11 Å². The maximum Gasteiger partial charge on any atom is 0.167 e. The average molecular weight is 270 g/mol. The van der Waals surface area contributed by atoms with Gasteiger partial charge in [-0.05, 0) is 31.0 Å². The molecule has 0 fully saturated rings. The van der Waals surface area contributed by atoms with Gasteiger partial charge in [-0.15, -0.1) is 0 Å². The van der Waals surface area contributed by atoms with Crippen molar-refractivity contribution < 1.29 is 14.6 Å². The van der Waals surface area contributed by atoms with Crippen LogP contribution >= 0.6 is 0 Å². The summed E-state index contributed by atoms with van der Waals surface area (Å²) in [6.07, 6.45) is -0.702. The third-order valence-corrected chi connectivity index (χ3v) is 3.62. The highest BCUT2D eigenvalue weighted by Gasteiger charge is 2.22. The SMILES string of the molecule is Cc1ccc(C)c(C(O)c2cccc3c2OCCO3)c1. The number of hydrogen-bond acceptors (Lipinski definition) is 3. The van der Waals surface area contributed by atoms with Gasteiger partial charge in [0.2, 0.25) is 0 Å². The molecule has 0 saturated heterocycles. The van der Waals surface area contributed by atoms with Crippen molar-refractivity contribution in [3.05, 3.63) is 58.7 Å². The molecule has 1 heterocycles. The van der Waals surface area contributed by atoms with Gasteiger partial charge in [0.25, 0.3) is 0 Å². The molecule has 0 amide bonds. The Morgan fingerprint density at radius 1 is 1.00 bits per heavy atom. The van der Waals surface area contributed by atoms with E-state index in [0.717, 1.165) is 22.3 Å². The molecular formula is C17H18O3. The van der Waals surface area contributed by atoms with Crippen LogP contribution in [0, 0.1) is 13.8 Å². The van der Waals surface area contributed by atoms with E-state index < -0.39 is 6.10 Å². The molecule has 1 aliphatic rings. The Morgan fingerprint density at radius 2 is 1.80 bits per heavy atom. The van der Waals surface area contributed by atoms with Gasteiger partial charge >= 0.3 is 0 Å². The fourth-order valence-electron chi connectivity index (χ4n) is 2.53. The second kappa shape index (κ2) is 5.17. The predicted octanol–water partition coefficient (Wildman–Crippen LogP) is 3.16. The van der Waals surface area contributed by atoms with Crippen LogP contribution in [0.3, 0.4) is 0 Å². The molecule has 20 heavy (non-hydrogen) atoms. The fourth-order valence-corrected chi connectivity index (χ4v) is 2.53. The zero-order chi connectivity index (χ0) is 14.1. The summed E-state index contributed by atoms with van der Waals surface area (Å²) in [7, 11) is 0. The van der Waals surface area contributed by atoms with Gasteiger partial charge in [0.05, 0.1) is 0 Å². The lowest BCUT2D eigenvalue weighted by molar-refractivity contribution is 0.158. The quantitative estimate of drug-likeness (QED) is 0.911. The fraction of sp³-hybridized carbons (Fsp3) is 0.294. The van der Waals surface area contributed by atoms with E-state index in [-0.39, 0.29) is 0 Å². The van der Waals surface area contributed by atoms with Crippen molar-refractivity contribution >= 4 is 0 Å². The number of ether oxygens (including phenoxy) is 2. The van der Waals surface area contributed by atoms with Gasteiger partial charge in [0.15, 0.2) is 11.5 Å². The monoisotopic (exact) mass is 270 g/mol. The molecule has 1 aliphatic heterocycles. The Balaban J connectivity index is 2.06. The lowest BCUT2D eigenvalue weighted by Crippen LogP contribution is -2.17. The normalized spacial score (nSPS) is 14.9. The Morgan fingerprint density at radius 3 is 2.65 bits per heavy atom. The topological polar surface area (TPSA) is 38.7 Å². The number of rotatable bonds is 2. The van der Waals surface area contributed by atoms with Crippen molar-refractivity contribution in [2.75, 3.05) is 13.2 Å². The van der Waals surface area contributed by atoms with Gasteiger partial charge in [-0.1, -0.05) is 35.9 Å². The molecule has 3 heteroatoms. The first kappa shape index (κ1) is 13.0. The van der Waals surface area contributed by atoms with Crippen LogP contribution in [0.2, 0.25) is 0 Å². The number of benzene rings is 2. The minimum atomic E-state index is -0.702. The molecule has 0 saturated carbocycles. The third-order valence-electron chi connectivity index (χ3n) is 3.62. The molecule has 0 aliphatic carbocycles. The zero-order valence-corrected chi connectivity index (χ0v) is 11.7. The summed E-state index contributed by atoms with van der Waals surface area (Å²) in [6.45, 7) is 5.10. The first-order valence-electron chi connectivity index (χ1n) is 6.80. The maximum atomic E-state index is 10.7. The first-order chi connectivity index (χ1) is 9.66. The molecule has 1 atom stereocenters. The van der Waals surface area contributed by atoms with Crippen molar-refractivity contribution in [3.8, 4) is 11.5 Å². The van der Waals surface area contributed by atoms with Crippen molar-refractivity contribution in [2.24, 2.45) is 0 Å². The van der Waals surface area contributed by atoms with Gasteiger partial charge < -0.3 is 14.6 Å². The van der Waals surface area contributed by atoms with Crippen molar-refractivity contribution in [1.29, 1.82) is 0 Å². The molecule has 2 aromatic carbocycles. The van der Waals surface area contributed by atoms with Gasteiger partial charge in [-0.2, -0.15) is 0 Å². The predicted molar refractivity (Wildman–Crippen MR) is 77.4 cm³/mol. The molecule has 3 rings (SSSR count). The van der Waals surface area contributed by atoms with E-state index in [1.54, 1.807) is 0 Å². The summed E-state index contributed by atoms with van der Waals surface area (Å²) in [5.74, 6) is 1.37. The first-order valence-corrected chi connectivity index (χ1v) is 6.80. The molecule has 3 nitrogen and oxygen atoms in total. The highest BCUT2D eigenvalue weighted by molar-refractivity contribution is 5.51. The van der Waals surface area contributed by atoms with Crippen LogP contribution in [0.15, 0.2) is 36.4 Å². The summed E-state index contributed by atoms with van der Waals surface area (Å²) in [5.41, 5.74) is 3.87. The standard InChI is InChI=1S/C17H18O3/c1-11-6-7-12(2)14(10-11)16(18)13-4-3-5-15-17(13)20-9-8-19-15/h3-7,10,16,18H,8-9H2,1-2H3. The smallest absolute Gasteiger partial charge is 0.167 e. The van der Waals surface area contributed by atoms with Gasteiger partial charge in [0, 0.05) is 5.56 Å². The van der Waals surface area contributed by atoms with E-state index in [4.69, 9.17) is 9.47 Å². The van der Waals surface area contributed by atoms with Crippen LogP contribution < -0.4 is 9.47 Å². The van der Waals surface area contributed by atoms with Crippen LogP contribution in [0.5, 0.6) is 11.5 Å². The van der Waals surface area contributed by atoms with Crippen molar-refractivity contribution in [3.63, 3.8) is 0 Å². The number of fused-ring (bicyclic) bond motifs is 1. The van der Waals surface area contributed by atoms with E-state index in [1.165, 1.54) is 0 Å². The molecule has 1 N–H and O–H groups in total. The molecular weight excluding hydrogens is 252 g/mol. The molecule has 0 aromatic heterocycles. The van der Waals surface area contributed by atoms with Crippen LogP contribution in [0.4, 0.5) is 0 Å². The lowest BCUT2D eigenvalue weighted by Gasteiger charge is -2.24. The van der Waals surface area contributed by atoms with Gasteiger partial charge in [0.1, 0.15) is 19.3 Å². The van der Waals surface area contributed by atoms with Gasteiger partial charge in [-0.25, -0.2) is 0 Å². The number of aliphatic hydroxyl groups excluding tert-OH is 1. The number of hydrogen-bond donors (Lipinski definition) is 1. The largest absolute Gasteiger partial charge is 0.486 e.